The summed E-state index contributed by atoms with van der Waals surface area (Å²) in [5.74, 6) is 0.104. The van der Waals surface area contributed by atoms with Crippen molar-refractivity contribution >= 4 is 44.3 Å². The van der Waals surface area contributed by atoms with Crippen molar-refractivity contribution in [1.29, 1.82) is 0 Å². The lowest BCUT2D eigenvalue weighted by atomic mass is 9.80. The fraction of sp³-hybridized carbons (Fsp3) is 0.387. The van der Waals surface area contributed by atoms with Crippen LogP contribution in [0.15, 0.2) is 48.5 Å². The molecule has 9 heteroatoms. The van der Waals surface area contributed by atoms with Crippen molar-refractivity contribution in [3.63, 3.8) is 0 Å². The van der Waals surface area contributed by atoms with Crippen LogP contribution in [0.1, 0.15) is 53.9 Å². The highest BCUT2D eigenvalue weighted by atomic mass is 32.2. The molecule has 8 nitrogen and oxygen atoms in total. The van der Waals surface area contributed by atoms with Crippen LogP contribution >= 0.6 is 0 Å². The Bertz CT molecular complexity index is 1580. The smallest absolute Gasteiger partial charge is 0.339 e. The van der Waals surface area contributed by atoms with Crippen molar-refractivity contribution < 1.29 is 27.5 Å². The molecule has 1 fully saturated rings. The number of ether oxygens (including phenoxy) is 2. The standard InChI is InChI=1S/C31H34N2O6S/c1-4-33(23-13-14-40(36,37)19-23)28(34)18-39-31(35)29-25-7-5-6-8-27(25)32-30-22(15-20(2)16-26(29)30)17-21-9-11-24(38-3)12-10-21/h5-12,17,20,23H,4,13-16,18-19H2,1-3H3/b22-17+/t20-,23-/m1/s1. The monoisotopic (exact) mass is 562 g/mol. The number of aromatic nitrogens is 1. The van der Waals surface area contributed by atoms with Crippen LogP contribution in [-0.2, 0) is 25.8 Å². The van der Waals surface area contributed by atoms with E-state index < -0.39 is 28.3 Å². The highest BCUT2D eigenvalue weighted by Gasteiger charge is 2.35. The minimum atomic E-state index is -3.15. The van der Waals surface area contributed by atoms with Gasteiger partial charge in [0.25, 0.3) is 5.91 Å². The SMILES string of the molecule is CCN(C(=O)COC(=O)c1c2c(nc3ccccc13)/C(=C/c1ccc(OC)cc1)C[C@@H](C)C2)[C@@H]1CCS(=O)(=O)C1. The van der Waals surface area contributed by atoms with Crippen LogP contribution in [0.5, 0.6) is 5.75 Å². The van der Waals surface area contributed by atoms with E-state index in [1.807, 2.05) is 48.5 Å². The molecule has 1 saturated heterocycles. The molecule has 0 bridgehead atoms. The number of carbonyl (C=O) groups excluding carboxylic acids is 2. The minimum absolute atomic E-state index is 0.0514. The Balaban J connectivity index is 1.47. The minimum Gasteiger partial charge on any atom is -0.497 e. The number of para-hydroxylation sites is 1. The molecule has 0 radical (unpaired) electrons. The third-order valence-corrected chi connectivity index (χ3v) is 9.47. The molecule has 3 aromatic rings. The molecule has 210 valence electrons. The van der Waals surface area contributed by atoms with E-state index in [1.165, 1.54) is 4.90 Å². The summed E-state index contributed by atoms with van der Waals surface area (Å²) in [6, 6.07) is 14.9. The number of rotatable bonds is 7. The highest BCUT2D eigenvalue weighted by Crippen LogP contribution is 2.39. The number of pyridine rings is 1. The lowest BCUT2D eigenvalue weighted by Crippen LogP contribution is -2.43. The Morgan fingerprint density at radius 2 is 1.85 bits per heavy atom. The molecule has 0 saturated carbocycles. The average Bonchev–Trinajstić information content (AvgIpc) is 3.30. The molecule has 1 aliphatic heterocycles. The number of hydrogen-bond donors (Lipinski definition) is 0. The number of esters is 1. The Morgan fingerprint density at radius 3 is 2.52 bits per heavy atom. The van der Waals surface area contributed by atoms with E-state index in [9.17, 15) is 18.0 Å². The molecule has 1 aliphatic carbocycles. The van der Waals surface area contributed by atoms with Crippen molar-refractivity contribution in [2.24, 2.45) is 5.92 Å². The lowest BCUT2D eigenvalue weighted by molar-refractivity contribution is -0.136. The van der Waals surface area contributed by atoms with Crippen molar-refractivity contribution in [2.75, 3.05) is 31.8 Å². The van der Waals surface area contributed by atoms with Crippen molar-refractivity contribution in [2.45, 2.75) is 39.2 Å². The number of sulfone groups is 1. The first-order valence-electron chi connectivity index (χ1n) is 13.6. The van der Waals surface area contributed by atoms with E-state index in [2.05, 4.69) is 13.0 Å². The maximum atomic E-state index is 13.7. The van der Waals surface area contributed by atoms with Crippen molar-refractivity contribution in [1.82, 2.24) is 9.88 Å². The van der Waals surface area contributed by atoms with Crippen molar-refractivity contribution in [3.05, 3.63) is 70.9 Å². The van der Waals surface area contributed by atoms with Gasteiger partial charge in [-0.3, -0.25) is 4.79 Å². The zero-order chi connectivity index (χ0) is 28.4. The number of amides is 1. The molecule has 1 amide bonds. The van der Waals surface area contributed by atoms with Gasteiger partial charge in [-0.2, -0.15) is 0 Å². The van der Waals surface area contributed by atoms with Crippen molar-refractivity contribution in [3.8, 4) is 5.75 Å². The molecular formula is C31H34N2O6S. The molecule has 1 aromatic heterocycles. The van der Waals surface area contributed by atoms with Gasteiger partial charge >= 0.3 is 5.97 Å². The number of benzene rings is 2. The topological polar surface area (TPSA) is 103 Å². The second kappa shape index (κ2) is 11.4. The van der Waals surface area contributed by atoms with Crippen LogP contribution in [-0.4, -0.2) is 68.0 Å². The molecule has 0 N–H and O–H groups in total. The van der Waals surface area contributed by atoms with Gasteiger partial charge in [-0.15, -0.1) is 0 Å². The Hall–Kier alpha value is -3.72. The quantitative estimate of drug-likeness (QED) is 0.389. The zero-order valence-electron chi connectivity index (χ0n) is 23.1. The molecule has 0 unspecified atom stereocenters. The largest absolute Gasteiger partial charge is 0.497 e. The Morgan fingerprint density at radius 1 is 1.10 bits per heavy atom. The number of carbonyl (C=O) groups is 2. The van der Waals surface area contributed by atoms with E-state index in [0.717, 1.165) is 34.6 Å². The summed E-state index contributed by atoms with van der Waals surface area (Å²) in [7, 11) is -1.52. The molecule has 0 spiro atoms. The van der Waals surface area contributed by atoms with Crippen LogP contribution < -0.4 is 4.74 Å². The summed E-state index contributed by atoms with van der Waals surface area (Å²) in [5.41, 5.74) is 4.76. The summed E-state index contributed by atoms with van der Waals surface area (Å²) in [6.45, 7) is 3.85. The van der Waals surface area contributed by atoms with Crippen LogP contribution in [0, 0.1) is 5.92 Å². The third kappa shape index (κ3) is 5.75. The first-order chi connectivity index (χ1) is 19.2. The second-order valence-electron chi connectivity index (χ2n) is 10.6. The molecule has 2 aromatic carbocycles. The van der Waals surface area contributed by atoms with Gasteiger partial charge in [-0.1, -0.05) is 37.3 Å². The Kier molecular flexibility index (Phi) is 7.94. The second-order valence-corrected chi connectivity index (χ2v) is 12.8. The van der Waals surface area contributed by atoms with E-state index in [0.29, 0.717) is 35.9 Å². The number of hydrogen-bond acceptors (Lipinski definition) is 7. The van der Waals surface area contributed by atoms with Gasteiger partial charge in [0.1, 0.15) is 5.75 Å². The summed E-state index contributed by atoms with van der Waals surface area (Å²) in [4.78, 5) is 33.2. The van der Waals surface area contributed by atoms with Gasteiger partial charge in [0.2, 0.25) is 0 Å². The average molecular weight is 563 g/mol. The number of methoxy groups -OCH3 is 1. The molecule has 2 aliphatic rings. The van der Waals surface area contributed by atoms with E-state index in [-0.39, 0.29) is 23.5 Å². The predicted octanol–water partition coefficient (Wildman–Crippen LogP) is 4.56. The van der Waals surface area contributed by atoms with Gasteiger partial charge in [0.05, 0.1) is 35.4 Å². The maximum Gasteiger partial charge on any atom is 0.339 e. The fourth-order valence-corrected chi connectivity index (χ4v) is 7.54. The molecule has 2 atom stereocenters. The summed E-state index contributed by atoms with van der Waals surface area (Å²) >= 11 is 0. The van der Waals surface area contributed by atoms with E-state index >= 15 is 0 Å². The zero-order valence-corrected chi connectivity index (χ0v) is 23.9. The first kappa shape index (κ1) is 27.8. The number of likely N-dealkylation sites (N-methyl/N-ethyl adjacent to an activating group) is 1. The van der Waals surface area contributed by atoms with Gasteiger partial charge in [0, 0.05) is 18.0 Å². The van der Waals surface area contributed by atoms with E-state index in [4.69, 9.17) is 14.5 Å². The van der Waals surface area contributed by atoms with Gasteiger partial charge in [-0.05, 0) is 73.1 Å². The molecule has 2 heterocycles. The highest BCUT2D eigenvalue weighted by molar-refractivity contribution is 7.91. The normalized spacial score (nSPS) is 20.7. The molecule has 5 rings (SSSR count). The summed E-state index contributed by atoms with van der Waals surface area (Å²) < 4.78 is 34.8. The first-order valence-corrected chi connectivity index (χ1v) is 15.4. The van der Waals surface area contributed by atoms with Gasteiger partial charge in [-0.25, -0.2) is 18.2 Å². The van der Waals surface area contributed by atoms with Crippen LogP contribution in [0.2, 0.25) is 0 Å². The van der Waals surface area contributed by atoms with Crippen LogP contribution in [0.25, 0.3) is 22.6 Å². The Labute approximate surface area is 234 Å². The molecule has 40 heavy (non-hydrogen) atoms. The maximum absolute atomic E-state index is 13.7. The molecular weight excluding hydrogens is 528 g/mol. The van der Waals surface area contributed by atoms with Gasteiger partial charge < -0.3 is 14.4 Å². The summed E-state index contributed by atoms with van der Waals surface area (Å²) in [5, 5.41) is 0.686. The third-order valence-electron chi connectivity index (χ3n) is 7.72. The van der Waals surface area contributed by atoms with E-state index in [1.54, 1.807) is 14.0 Å². The van der Waals surface area contributed by atoms with Gasteiger partial charge in [0.15, 0.2) is 16.4 Å². The number of fused-ring (bicyclic) bond motifs is 2. The fourth-order valence-electron chi connectivity index (χ4n) is 5.81. The van der Waals surface area contributed by atoms with Crippen LogP contribution in [0.4, 0.5) is 0 Å². The number of nitrogens with zero attached hydrogens (tertiary/aromatic N) is 2. The van der Waals surface area contributed by atoms with Crippen LogP contribution in [0.3, 0.4) is 0 Å². The predicted molar refractivity (Wildman–Crippen MR) is 155 cm³/mol. The lowest BCUT2D eigenvalue weighted by Gasteiger charge is -2.28. The summed E-state index contributed by atoms with van der Waals surface area (Å²) in [6.07, 6.45) is 3.97. The number of allylic oxidation sites excluding steroid dienone is 1.